The van der Waals surface area contributed by atoms with Crippen LogP contribution in [0, 0.1) is 12.8 Å². The van der Waals surface area contributed by atoms with Crippen molar-refractivity contribution in [1.82, 2.24) is 15.1 Å². The second kappa shape index (κ2) is 6.67. The molecule has 1 spiro atoms. The van der Waals surface area contributed by atoms with E-state index in [0.29, 0.717) is 25.6 Å². The second-order valence-corrected chi connectivity index (χ2v) is 8.03. The molecule has 2 amide bonds. The molecular formula is C20H27N3O3. The zero-order valence-electron chi connectivity index (χ0n) is 15.5. The lowest BCUT2D eigenvalue weighted by atomic mass is 9.89. The number of ether oxygens (including phenoxy) is 1. The van der Waals surface area contributed by atoms with Gasteiger partial charge in [0.2, 0.25) is 5.91 Å². The second-order valence-electron chi connectivity index (χ2n) is 8.03. The van der Waals surface area contributed by atoms with Gasteiger partial charge in [-0.05, 0) is 37.8 Å². The summed E-state index contributed by atoms with van der Waals surface area (Å²) in [7, 11) is 1.67. The fourth-order valence-electron chi connectivity index (χ4n) is 4.06. The number of likely N-dealkylation sites (N-methyl/N-ethyl adjacent to an activating group) is 1. The smallest absolute Gasteiger partial charge is 0.254 e. The first kappa shape index (κ1) is 17.5. The van der Waals surface area contributed by atoms with Crippen molar-refractivity contribution >= 4 is 11.8 Å². The van der Waals surface area contributed by atoms with Gasteiger partial charge in [0.25, 0.3) is 5.91 Å². The number of hydrogen-bond acceptors (Lipinski definition) is 4. The third kappa shape index (κ3) is 3.35. The van der Waals surface area contributed by atoms with Crippen molar-refractivity contribution in [2.75, 3.05) is 39.8 Å². The zero-order chi connectivity index (χ0) is 18.3. The first-order chi connectivity index (χ1) is 12.5. The van der Waals surface area contributed by atoms with Gasteiger partial charge in [-0.3, -0.25) is 14.5 Å². The molecule has 3 fully saturated rings. The quantitative estimate of drug-likeness (QED) is 0.875. The van der Waals surface area contributed by atoms with E-state index in [2.05, 4.69) is 10.2 Å². The van der Waals surface area contributed by atoms with Crippen LogP contribution in [0.4, 0.5) is 0 Å². The van der Waals surface area contributed by atoms with Crippen LogP contribution in [0.3, 0.4) is 0 Å². The highest BCUT2D eigenvalue weighted by atomic mass is 16.5. The monoisotopic (exact) mass is 357 g/mol. The Morgan fingerprint density at radius 2 is 2.04 bits per heavy atom. The number of rotatable bonds is 4. The molecule has 0 bridgehead atoms. The molecule has 0 unspecified atom stereocenters. The molecule has 0 aromatic heterocycles. The Hall–Kier alpha value is -1.92. The summed E-state index contributed by atoms with van der Waals surface area (Å²) in [5, 5.41) is 2.75. The van der Waals surface area contributed by atoms with E-state index in [1.54, 1.807) is 7.05 Å². The maximum atomic E-state index is 12.7. The molecule has 2 saturated heterocycles. The van der Waals surface area contributed by atoms with Gasteiger partial charge in [-0.15, -0.1) is 0 Å². The number of likely N-dealkylation sites (tertiary alicyclic amines) is 1. The molecule has 4 rings (SSSR count). The van der Waals surface area contributed by atoms with E-state index in [9.17, 15) is 9.59 Å². The van der Waals surface area contributed by atoms with Crippen LogP contribution in [0.5, 0.6) is 0 Å². The van der Waals surface area contributed by atoms with Crippen molar-refractivity contribution in [1.29, 1.82) is 0 Å². The Bertz CT molecular complexity index is 710. The van der Waals surface area contributed by atoms with E-state index in [1.165, 1.54) is 12.8 Å². The van der Waals surface area contributed by atoms with Gasteiger partial charge in [-0.2, -0.15) is 0 Å². The maximum absolute atomic E-state index is 12.7. The summed E-state index contributed by atoms with van der Waals surface area (Å²) in [5.74, 6) is 0.792. The number of carbonyl (C=O) groups excluding carboxylic acids is 2. The first-order valence-electron chi connectivity index (χ1n) is 9.45. The Kier molecular flexibility index (Phi) is 4.49. The van der Waals surface area contributed by atoms with Crippen LogP contribution in [0.25, 0.3) is 0 Å². The Morgan fingerprint density at radius 1 is 1.27 bits per heavy atom. The number of nitrogens with one attached hydrogen (secondary N) is 1. The van der Waals surface area contributed by atoms with Crippen molar-refractivity contribution < 1.29 is 14.3 Å². The molecule has 1 aromatic rings. The normalized spacial score (nSPS) is 25.0. The van der Waals surface area contributed by atoms with Crippen molar-refractivity contribution in [3.8, 4) is 0 Å². The predicted octanol–water partition coefficient (Wildman–Crippen LogP) is 1.05. The average molecular weight is 357 g/mol. The minimum absolute atomic E-state index is 0.0208. The largest absolute Gasteiger partial charge is 0.368 e. The Labute approximate surface area is 154 Å². The van der Waals surface area contributed by atoms with Gasteiger partial charge in [0.05, 0.1) is 19.7 Å². The first-order valence-corrected chi connectivity index (χ1v) is 9.45. The lowest BCUT2D eigenvalue weighted by molar-refractivity contribution is -0.191. The minimum Gasteiger partial charge on any atom is -0.368 e. The highest BCUT2D eigenvalue weighted by molar-refractivity contribution is 5.95. The van der Waals surface area contributed by atoms with E-state index in [4.69, 9.17) is 4.74 Å². The number of morpholine rings is 1. The zero-order valence-corrected chi connectivity index (χ0v) is 15.5. The molecule has 140 valence electrons. The molecule has 26 heavy (non-hydrogen) atoms. The molecule has 1 atom stereocenters. The van der Waals surface area contributed by atoms with E-state index in [-0.39, 0.29) is 23.5 Å². The Balaban J connectivity index is 1.41. The molecule has 2 heterocycles. The average Bonchev–Trinajstić information content (AvgIpc) is 3.42. The van der Waals surface area contributed by atoms with E-state index in [1.807, 2.05) is 36.1 Å². The molecule has 1 N–H and O–H groups in total. The highest BCUT2D eigenvalue weighted by Crippen LogP contribution is 2.36. The fourth-order valence-corrected chi connectivity index (χ4v) is 4.06. The van der Waals surface area contributed by atoms with Gasteiger partial charge in [0.1, 0.15) is 11.6 Å². The number of nitrogens with zero attached hydrogens (tertiary/aromatic N) is 2. The fraction of sp³-hybridized carbons (Fsp3) is 0.600. The van der Waals surface area contributed by atoms with Crippen LogP contribution in [-0.4, -0.2) is 73.1 Å². The van der Waals surface area contributed by atoms with Crippen LogP contribution in [0.2, 0.25) is 0 Å². The summed E-state index contributed by atoms with van der Waals surface area (Å²) in [6.45, 7) is 5.27. The summed E-state index contributed by atoms with van der Waals surface area (Å²) < 4.78 is 6.11. The van der Waals surface area contributed by atoms with Crippen molar-refractivity contribution in [3.63, 3.8) is 0 Å². The molecule has 6 nitrogen and oxygen atoms in total. The van der Waals surface area contributed by atoms with Crippen LogP contribution in [0.15, 0.2) is 24.3 Å². The number of aryl methyl sites for hydroxylation is 1. The van der Waals surface area contributed by atoms with Crippen LogP contribution in [0.1, 0.15) is 28.8 Å². The van der Waals surface area contributed by atoms with Crippen molar-refractivity contribution in [3.05, 3.63) is 35.4 Å². The topological polar surface area (TPSA) is 61.9 Å². The minimum atomic E-state index is -0.321. The van der Waals surface area contributed by atoms with Gasteiger partial charge >= 0.3 is 0 Å². The lowest BCUT2D eigenvalue weighted by Gasteiger charge is -2.55. The van der Waals surface area contributed by atoms with Crippen LogP contribution < -0.4 is 5.32 Å². The van der Waals surface area contributed by atoms with E-state index in [0.717, 1.165) is 24.2 Å². The molecule has 2 aliphatic heterocycles. The summed E-state index contributed by atoms with van der Waals surface area (Å²) >= 11 is 0. The lowest BCUT2D eigenvalue weighted by Crippen LogP contribution is -2.73. The van der Waals surface area contributed by atoms with Gasteiger partial charge in [-0.1, -0.05) is 17.7 Å². The summed E-state index contributed by atoms with van der Waals surface area (Å²) in [5.41, 5.74) is 1.50. The third-order valence-electron chi connectivity index (χ3n) is 5.73. The van der Waals surface area contributed by atoms with Gasteiger partial charge in [-0.25, -0.2) is 0 Å². The summed E-state index contributed by atoms with van der Waals surface area (Å²) in [6, 6.07) is 7.49. The van der Waals surface area contributed by atoms with Gasteiger partial charge in [0.15, 0.2) is 0 Å². The summed E-state index contributed by atoms with van der Waals surface area (Å²) in [4.78, 5) is 29.0. The highest BCUT2D eigenvalue weighted by Gasteiger charge is 2.52. The standard InChI is InChI=1S/C20H27N3O3/c1-14-4-3-5-16(8-14)19(25)23-12-20(13-23)11-22(9-15-6-7-15)17(10-26-20)18(24)21-2/h3-5,8,15,17H,6-7,9-13H2,1-2H3,(H,21,24)/t17-/m0/s1. The van der Waals surface area contributed by atoms with Crippen LogP contribution >= 0.6 is 0 Å². The van der Waals surface area contributed by atoms with Crippen molar-refractivity contribution in [2.45, 2.75) is 31.4 Å². The van der Waals surface area contributed by atoms with Crippen molar-refractivity contribution in [2.24, 2.45) is 5.92 Å². The molecular weight excluding hydrogens is 330 g/mol. The third-order valence-corrected chi connectivity index (χ3v) is 5.73. The summed E-state index contributed by atoms with van der Waals surface area (Å²) in [6.07, 6.45) is 2.51. The molecule has 1 saturated carbocycles. The number of benzene rings is 1. The Morgan fingerprint density at radius 3 is 2.69 bits per heavy atom. The van der Waals surface area contributed by atoms with Gasteiger partial charge < -0.3 is 15.0 Å². The van der Waals surface area contributed by atoms with Gasteiger partial charge in [0, 0.05) is 25.7 Å². The molecule has 1 aliphatic carbocycles. The van der Waals surface area contributed by atoms with Crippen LogP contribution in [-0.2, 0) is 9.53 Å². The predicted molar refractivity (Wildman–Crippen MR) is 97.9 cm³/mol. The molecule has 1 aromatic carbocycles. The molecule has 0 radical (unpaired) electrons. The van der Waals surface area contributed by atoms with E-state index < -0.39 is 0 Å². The number of carbonyl (C=O) groups is 2. The SMILES string of the molecule is CNC(=O)[C@@H]1COC2(CN(C(=O)c3cccc(C)c3)C2)CN1CC1CC1. The maximum Gasteiger partial charge on any atom is 0.254 e. The molecule has 6 heteroatoms. The molecule has 3 aliphatic rings. The van der Waals surface area contributed by atoms with E-state index >= 15 is 0 Å². The number of hydrogen-bond donors (Lipinski definition) is 1. The number of amides is 2.